The molecule has 15 heavy (non-hydrogen) atoms. The van der Waals surface area contributed by atoms with Crippen LogP contribution in [-0.4, -0.2) is 4.98 Å². The number of aromatic amines is 1. The van der Waals surface area contributed by atoms with Gasteiger partial charge in [0.1, 0.15) is 5.69 Å². The highest BCUT2D eigenvalue weighted by molar-refractivity contribution is 6.07. The molecule has 3 aromatic rings. The second-order valence-corrected chi connectivity index (χ2v) is 3.49. The van der Waals surface area contributed by atoms with Crippen LogP contribution in [0.3, 0.4) is 0 Å². The number of hydrogen-bond acceptors (Lipinski definition) is 2. The van der Waals surface area contributed by atoms with Crippen LogP contribution in [0.15, 0.2) is 47.6 Å². The molecule has 72 valence electrons. The Kier molecular flexibility index (Phi) is 1.59. The molecule has 0 spiro atoms. The standard InChI is InChI=1S/C12H8N2O/c15-14-8-5-6-12-10(7-8)9-3-1-2-4-11(9)13-12/h1-7,13H. The number of nitrogens with one attached hydrogen (secondary N) is 1. The Morgan fingerprint density at radius 1 is 0.933 bits per heavy atom. The number of rotatable bonds is 1. The molecule has 3 heteroatoms. The van der Waals surface area contributed by atoms with Crippen LogP contribution < -0.4 is 0 Å². The first-order valence-corrected chi connectivity index (χ1v) is 4.72. The number of nitrogens with zero attached hydrogens (tertiary/aromatic N) is 1. The Labute approximate surface area is 85.7 Å². The van der Waals surface area contributed by atoms with Gasteiger partial charge in [0, 0.05) is 21.8 Å². The normalized spacial score (nSPS) is 10.9. The summed E-state index contributed by atoms with van der Waals surface area (Å²) in [6, 6.07) is 13.4. The van der Waals surface area contributed by atoms with Gasteiger partial charge >= 0.3 is 0 Å². The molecule has 0 unspecified atom stereocenters. The lowest BCUT2D eigenvalue weighted by molar-refractivity contribution is 1.50. The van der Waals surface area contributed by atoms with Crippen molar-refractivity contribution in [1.29, 1.82) is 0 Å². The van der Waals surface area contributed by atoms with E-state index in [4.69, 9.17) is 0 Å². The summed E-state index contributed by atoms with van der Waals surface area (Å²) in [5, 5.41) is 5.11. The molecule has 0 aliphatic rings. The lowest BCUT2D eigenvalue weighted by Crippen LogP contribution is -1.66. The second kappa shape index (κ2) is 2.92. The van der Waals surface area contributed by atoms with Crippen LogP contribution in [0.1, 0.15) is 0 Å². The molecule has 0 bridgehead atoms. The third kappa shape index (κ3) is 1.13. The van der Waals surface area contributed by atoms with E-state index in [0.29, 0.717) is 5.69 Å². The van der Waals surface area contributed by atoms with E-state index in [1.807, 2.05) is 30.3 Å². The first-order chi connectivity index (χ1) is 7.38. The van der Waals surface area contributed by atoms with Gasteiger partial charge in [-0.05, 0) is 29.4 Å². The number of hydrogen-bond donors (Lipinski definition) is 1. The van der Waals surface area contributed by atoms with Crippen molar-refractivity contribution in [3.8, 4) is 0 Å². The molecule has 0 saturated heterocycles. The molecule has 0 fully saturated rings. The maximum absolute atomic E-state index is 10.4. The fourth-order valence-corrected chi connectivity index (χ4v) is 1.89. The van der Waals surface area contributed by atoms with E-state index < -0.39 is 0 Å². The number of nitroso groups, excluding NO2 is 1. The Morgan fingerprint density at radius 3 is 2.60 bits per heavy atom. The predicted molar refractivity (Wildman–Crippen MR) is 61.3 cm³/mol. The van der Waals surface area contributed by atoms with E-state index in [0.717, 1.165) is 21.8 Å². The SMILES string of the molecule is O=Nc1ccc2[nH]c3ccccc3c2c1. The van der Waals surface area contributed by atoms with Crippen LogP contribution in [0.4, 0.5) is 5.69 Å². The van der Waals surface area contributed by atoms with Crippen molar-refractivity contribution in [2.24, 2.45) is 5.18 Å². The first-order valence-electron chi connectivity index (χ1n) is 4.72. The van der Waals surface area contributed by atoms with Crippen molar-refractivity contribution < 1.29 is 0 Å². The summed E-state index contributed by atoms with van der Waals surface area (Å²) in [5.41, 5.74) is 2.58. The number of para-hydroxylation sites is 1. The van der Waals surface area contributed by atoms with Crippen LogP contribution >= 0.6 is 0 Å². The maximum Gasteiger partial charge on any atom is 0.108 e. The molecular formula is C12H8N2O. The van der Waals surface area contributed by atoms with Crippen LogP contribution in [0.25, 0.3) is 21.8 Å². The van der Waals surface area contributed by atoms with Gasteiger partial charge < -0.3 is 4.98 Å². The summed E-state index contributed by atoms with van der Waals surface area (Å²) < 4.78 is 0. The first kappa shape index (κ1) is 8.17. The number of aromatic nitrogens is 1. The summed E-state index contributed by atoms with van der Waals surface area (Å²) in [4.78, 5) is 13.7. The molecule has 0 saturated carbocycles. The Balaban J connectivity index is 2.51. The monoisotopic (exact) mass is 196 g/mol. The average Bonchev–Trinajstić information content (AvgIpc) is 2.66. The van der Waals surface area contributed by atoms with Crippen LogP contribution in [-0.2, 0) is 0 Å². The molecule has 2 aromatic carbocycles. The Bertz CT molecular complexity index is 655. The minimum Gasteiger partial charge on any atom is -0.355 e. The minimum atomic E-state index is 0.465. The van der Waals surface area contributed by atoms with E-state index in [-0.39, 0.29) is 0 Å². The molecule has 3 nitrogen and oxygen atoms in total. The molecule has 3 rings (SSSR count). The van der Waals surface area contributed by atoms with Crippen LogP contribution in [0, 0.1) is 4.91 Å². The second-order valence-electron chi connectivity index (χ2n) is 3.49. The number of H-pyrrole nitrogens is 1. The van der Waals surface area contributed by atoms with Gasteiger partial charge in [-0.2, -0.15) is 0 Å². The van der Waals surface area contributed by atoms with Crippen molar-refractivity contribution in [1.82, 2.24) is 4.98 Å². The molecule has 1 aromatic heterocycles. The van der Waals surface area contributed by atoms with Gasteiger partial charge in [0.25, 0.3) is 0 Å². The molecule has 0 amide bonds. The Morgan fingerprint density at radius 2 is 1.73 bits per heavy atom. The quantitative estimate of drug-likeness (QED) is 0.592. The number of fused-ring (bicyclic) bond motifs is 3. The van der Waals surface area contributed by atoms with Crippen molar-refractivity contribution in [3.05, 3.63) is 47.4 Å². The topological polar surface area (TPSA) is 45.2 Å². The lowest BCUT2D eigenvalue weighted by atomic mass is 10.1. The van der Waals surface area contributed by atoms with E-state index in [1.54, 1.807) is 12.1 Å². The summed E-state index contributed by atoms with van der Waals surface area (Å²) in [5.74, 6) is 0. The van der Waals surface area contributed by atoms with Gasteiger partial charge in [-0.1, -0.05) is 18.2 Å². The van der Waals surface area contributed by atoms with Gasteiger partial charge in [0.2, 0.25) is 0 Å². The van der Waals surface area contributed by atoms with E-state index >= 15 is 0 Å². The molecule has 0 atom stereocenters. The molecule has 1 N–H and O–H groups in total. The van der Waals surface area contributed by atoms with Crippen molar-refractivity contribution in [2.75, 3.05) is 0 Å². The van der Waals surface area contributed by atoms with Gasteiger partial charge in [-0.3, -0.25) is 0 Å². The molecule has 0 radical (unpaired) electrons. The van der Waals surface area contributed by atoms with Crippen molar-refractivity contribution >= 4 is 27.5 Å². The third-order valence-corrected chi connectivity index (χ3v) is 2.60. The van der Waals surface area contributed by atoms with Gasteiger partial charge in [0.05, 0.1) is 0 Å². The summed E-state index contributed by atoms with van der Waals surface area (Å²) >= 11 is 0. The zero-order valence-electron chi connectivity index (χ0n) is 7.90. The van der Waals surface area contributed by atoms with E-state index in [9.17, 15) is 4.91 Å². The largest absolute Gasteiger partial charge is 0.355 e. The summed E-state index contributed by atoms with van der Waals surface area (Å²) in [7, 11) is 0. The van der Waals surface area contributed by atoms with Crippen molar-refractivity contribution in [2.45, 2.75) is 0 Å². The maximum atomic E-state index is 10.4. The molecule has 1 heterocycles. The van der Waals surface area contributed by atoms with E-state index in [2.05, 4.69) is 10.2 Å². The fourth-order valence-electron chi connectivity index (χ4n) is 1.89. The average molecular weight is 196 g/mol. The van der Waals surface area contributed by atoms with Gasteiger partial charge in [-0.25, -0.2) is 0 Å². The highest BCUT2D eigenvalue weighted by Gasteiger charge is 2.03. The van der Waals surface area contributed by atoms with Crippen molar-refractivity contribution in [3.63, 3.8) is 0 Å². The minimum absolute atomic E-state index is 0.465. The van der Waals surface area contributed by atoms with Gasteiger partial charge in [0.15, 0.2) is 0 Å². The van der Waals surface area contributed by atoms with E-state index in [1.165, 1.54) is 0 Å². The molecular weight excluding hydrogens is 188 g/mol. The smallest absolute Gasteiger partial charge is 0.108 e. The lowest BCUT2D eigenvalue weighted by Gasteiger charge is -1.91. The fraction of sp³-hybridized carbons (Fsp3) is 0. The predicted octanol–water partition coefficient (Wildman–Crippen LogP) is 3.72. The highest BCUT2D eigenvalue weighted by atomic mass is 16.3. The Hall–Kier alpha value is -2.16. The number of benzene rings is 2. The zero-order valence-corrected chi connectivity index (χ0v) is 7.90. The highest BCUT2D eigenvalue weighted by Crippen LogP contribution is 2.28. The van der Waals surface area contributed by atoms with Gasteiger partial charge in [-0.15, -0.1) is 4.91 Å². The molecule has 0 aliphatic carbocycles. The summed E-state index contributed by atoms with van der Waals surface area (Å²) in [6.45, 7) is 0. The third-order valence-electron chi connectivity index (χ3n) is 2.60. The molecule has 0 aliphatic heterocycles. The van der Waals surface area contributed by atoms with Crippen LogP contribution in [0.5, 0.6) is 0 Å². The van der Waals surface area contributed by atoms with Crippen LogP contribution in [0.2, 0.25) is 0 Å². The summed E-state index contributed by atoms with van der Waals surface area (Å²) in [6.07, 6.45) is 0. The zero-order chi connectivity index (χ0) is 10.3.